The van der Waals surface area contributed by atoms with E-state index in [0.717, 1.165) is 0 Å². The lowest BCUT2D eigenvalue weighted by molar-refractivity contribution is -0.142. The van der Waals surface area contributed by atoms with Crippen LogP contribution in [-0.2, 0) is 9.53 Å². The van der Waals surface area contributed by atoms with Gasteiger partial charge in [0.25, 0.3) is 3.79 Å². The smallest absolute Gasteiger partial charge is 0.358 e. The van der Waals surface area contributed by atoms with Gasteiger partial charge in [-0.05, 0) is 13.3 Å². The van der Waals surface area contributed by atoms with Crippen LogP contribution in [-0.4, -0.2) is 21.7 Å². The van der Waals surface area contributed by atoms with Crippen LogP contribution in [0.2, 0.25) is 0 Å². The summed E-state index contributed by atoms with van der Waals surface area (Å²) in [5.74, 6) is -0.871. The summed E-state index contributed by atoms with van der Waals surface area (Å²) in [5.41, 5.74) is 0. The van der Waals surface area contributed by atoms with Gasteiger partial charge in [-0.1, -0.05) is 34.8 Å². The molecule has 0 spiro atoms. The first-order valence-corrected chi connectivity index (χ1v) is 4.79. The van der Waals surface area contributed by atoms with Crippen molar-refractivity contribution in [1.29, 1.82) is 0 Å². The van der Waals surface area contributed by atoms with Crippen LogP contribution in [0.5, 0.6) is 0 Å². The average molecular weight is 254 g/mol. The van der Waals surface area contributed by atoms with Crippen molar-refractivity contribution < 1.29 is 9.53 Å². The molecular weight excluding hydrogens is 246 g/mol. The standard InChI is InChI=1S/C6H8Cl4O2/c1-4(7)2-3-12-5(11)6(8,9)10/h4H,2-3H2,1H3. The second kappa shape index (κ2) is 5.38. The van der Waals surface area contributed by atoms with E-state index in [2.05, 4.69) is 4.74 Å². The Kier molecular flexibility index (Phi) is 5.66. The van der Waals surface area contributed by atoms with Crippen molar-refractivity contribution in [1.82, 2.24) is 0 Å². The first-order valence-electron chi connectivity index (χ1n) is 3.22. The highest BCUT2D eigenvalue weighted by atomic mass is 35.6. The van der Waals surface area contributed by atoms with Crippen molar-refractivity contribution in [2.24, 2.45) is 0 Å². The van der Waals surface area contributed by atoms with Crippen molar-refractivity contribution in [2.75, 3.05) is 6.61 Å². The van der Waals surface area contributed by atoms with Crippen molar-refractivity contribution in [2.45, 2.75) is 22.5 Å². The van der Waals surface area contributed by atoms with E-state index in [1.807, 2.05) is 0 Å². The Balaban J connectivity index is 3.59. The highest BCUT2D eigenvalue weighted by Crippen LogP contribution is 2.27. The van der Waals surface area contributed by atoms with Gasteiger partial charge in [-0.2, -0.15) is 0 Å². The quantitative estimate of drug-likeness (QED) is 0.571. The molecule has 1 atom stereocenters. The van der Waals surface area contributed by atoms with Gasteiger partial charge >= 0.3 is 5.97 Å². The predicted molar refractivity (Wildman–Crippen MR) is 51.2 cm³/mol. The molecule has 0 fully saturated rings. The van der Waals surface area contributed by atoms with E-state index in [4.69, 9.17) is 46.4 Å². The highest BCUT2D eigenvalue weighted by Gasteiger charge is 2.32. The SMILES string of the molecule is CC(Cl)CCOC(=O)C(Cl)(Cl)Cl. The van der Waals surface area contributed by atoms with Crippen molar-refractivity contribution >= 4 is 52.4 Å². The fraction of sp³-hybridized carbons (Fsp3) is 0.833. The summed E-state index contributed by atoms with van der Waals surface area (Å²) >= 11 is 21.3. The molecule has 0 aliphatic heterocycles. The Morgan fingerprint density at radius 2 is 2.00 bits per heavy atom. The lowest BCUT2D eigenvalue weighted by atomic mass is 10.3. The molecule has 0 aromatic heterocycles. The van der Waals surface area contributed by atoms with E-state index in [1.165, 1.54) is 0 Å². The summed E-state index contributed by atoms with van der Waals surface area (Å²) in [6, 6.07) is 0. The zero-order valence-corrected chi connectivity index (χ0v) is 9.34. The van der Waals surface area contributed by atoms with Crippen LogP contribution in [0, 0.1) is 0 Å². The number of ether oxygens (including phenoxy) is 1. The maximum absolute atomic E-state index is 10.8. The largest absolute Gasteiger partial charge is 0.462 e. The number of hydrogen-bond donors (Lipinski definition) is 0. The van der Waals surface area contributed by atoms with Crippen LogP contribution in [0.4, 0.5) is 0 Å². The Bertz CT molecular complexity index is 152. The zero-order chi connectivity index (χ0) is 9.78. The minimum atomic E-state index is -1.99. The average Bonchev–Trinajstić information content (AvgIpc) is 1.84. The molecule has 1 unspecified atom stereocenters. The summed E-state index contributed by atoms with van der Waals surface area (Å²) in [7, 11) is 0. The summed E-state index contributed by atoms with van der Waals surface area (Å²) < 4.78 is 2.61. The van der Waals surface area contributed by atoms with Crippen molar-refractivity contribution in [3.63, 3.8) is 0 Å². The van der Waals surface area contributed by atoms with Crippen molar-refractivity contribution in [3.8, 4) is 0 Å². The van der Waals surface area contributed by atoms with Crippen LogP contribution in [0.1, 0.15) is 13.3 Å². The minimum absolute atomic E-state index is 0.0619. The van der Waals surface area contributed by atoms with Crippen LogP contribution < -0.4 is 0 Å². The monoisotopic (exact) mass is 252 g/mol. The van der Waals surface area contributed by atoms with Crippen LogP contribution in [0.3, 0.4) is 0 Å². The van der Waals surface area contributed by atoms with Gasteiger partial charge < -0.3 is 4.74 Å². The molecule has 0 saturated heterocycles. The first-order chi connectivity index (χ1) is 5.34. The number of alkyl halides is 4. The maximum Gasteiger partial charge on any atom is 0.358 e. The molecule has 0 aromatic carbocycles. The molecule has 0 aliphatic carbocycles. The highest BCUT2D eigenvalue weighted by molar-refractivity contribution is 6.75. The summed E-state index contributed by atoms with van der Waals surface area (Å²) in [4.78, 5) is 10.8. The van der Waals surface area contributed by atoms with Gasteiger partial charge in [0, 0.05) is 5.38 Å². The Morgan fingerprint density at radius 1 is 1.50 bits per heavy atom. The van der Waals surface area contributed by atoms with E-state index in [1.54, 1.807) is 6.92 Å². The molecule has 6 heteroatoms. The van der Waals surface area contributed by atoms with Gasteiger partial charge in [-0.25, -0.2) is 4.79 Å². The lowest BCUT2D eigenvalue weighted by Crippen LogP contribution is -2.22. The summed E-state index contributed by atoms with van der Waals surface area (Å²) in [5, 5.41) is -0.0619. The van der Waals surface area contributed by atoms with Gasteiger partial charge in [0.05, 0.1) is 6.61 Å². The van der Waals surface area contributed by atoms with E-state index < -0.39 is 9.76 Å². The lowest BCUT2D eigenvalue weighted by Gasteiger charge is -2.10. The number of rotatable bonds is 3. The van der Waals surface area contributed by atoms with Gasteiger partial charge in [-0.3, -0.25) is 0 Å². The molecule has 0 rings (SSSR count). The van der Waals surface area contributed by atoms with E-state index in [9.17, 15) is 4.79 Å². The van der Waals surface area contributed by atoms with Crippen molar-refractivity contribution in [3.05, 3.63) is 0 Å². The third kappa shape index (κ3) is 6.18. The number of carbonyl (C=O) groups is 1. The molecule has 0 bridgehead atoms. The molecule has 0 heterocycles. The van der Waals surface area contributed by atoms with Gasteiger partial charge in [0.2, 0.25) is 0 Å². The Morgan fingerprint density at radius 3 is 2.33 bits per heavy atom. The maximum atomic E-state index is 10.8. The Hall–Kier alpha value is 0.630. The fourth-order valence-corrected chi connectivity index (χ4v) is 0.649. The first kappa shape index (κ1) is 12.6. The Labute approximate surface area is 91.1 Å². The number of hydrogen-bond acceptors (Lipinski definition) is 2. The van der Waals surface area contributed by atoms with Gasteiger partial charge in [0.1, 0.15) is 0 Å². The summed E-state index contributed by atoms with van der Waals surface area (Å²) in [6.45, 7) is 1.95. The number of esters is 1. The van der Waals surface area contributed by atoms with Gasteiger partial charge in [-0.15, -0.1) is 11.6 Å². The van der Waals surface area contributed by atoms with E-state index in [0.29, 0.717) is 6.42 Å². The molecule has 0 aromatic rings. The normalized spacial score (nSPS) is 14.1. The fourth-order valence-electron chi connectivity index (χ4n) is 0.396. The third-order valence-corrected chi connectivity index (χ3v) is 1.66. The molecular formula is C6H8Cl4O2. The molecule has 72 valence electrons. The minimum Gasteiger partial charge on any atom is -0.462 e. The van der Waals surface area contributed by atoms with E-state index in [-0.39, 0.29) is 12.0 Å². The van der Waals surface area contributed by atoms with Crippen LogP contribution in [0.25, 0.3) is 0 Å². The van der Waals surface area contributed by atoms with Crippen LogP contribution >= 0.6 is 46.4 Å². The molecule has 0 radical (unpaired) electrons. The molecule has 0 aliphatic rings. The molecule has 0 amide bonds. The summed E-state index contributed by atoms with van der Waals surface area (Å²) in [6.07, 6.45) is 0.536. The zero-order valence-electron chi connectivity index (χ0n) is 6.32. The molecule has 0 N–H and O–H groups in total. The van der Waals surface area contributed by atoms with E-state index >= 15 is 0 Å². The molecule has 12 heavy (non-hydrogen) atoms. The second-order valence-corrected chi connectivity index (χ2v) is 5.23. The predicted octanol–water partition coefficient (Wildman–Crippen LogP) is 2.92. The number of carbonyl (C=O) groups excluding carboxylic acids is 1. The molecule has 2 nitrogen and oxygen atoms in total. The third-order valence-electron chi connectivity index (χ3n) is 0.980. The number of halogens is 4. The van der Waals surface area contributed by atoms with Gasteiger partial charge in [0.15, 0.2) is 0 Å². The van der Waals surface area contributed by atoms with Crippen LogP contribution in [0.15, 0.2) is 0 Å². The topological polar surface area (TPSA) is 26.3 Å². The molecule has 0 saturated carbocycles. The second-order valence-electron chi connectivity index (χ2n) is 2.20.